The molecule has 0 aliphatic carbocycles. The van der Waals surface area contributed by atoms with Crippen molar-refractivity contribution in [1.29, 1.82) is 0 Å². The standard InChI is InChI=1S/C12H15NO/c1-9-3-5-11(6-4-9)13-8-7-10(2)12(13)14/h3-6,10H,7-8H2,1-2H3. The van der Waals surface area contributed by atoms with Crippen LogP contribution in [0.15, 0.2) is 24.3 Å². The fraction of sp³-hybridized carbons (Fsp3) is 0.417. The zero-order valence-electron chi connectivity index (χ0n) is 8.66. The molecule has 0 N–H and O–H groups in total. The Hall–Kier alpha value is -1.31. The molecule has 1 aromatic carbocycles. The minimum absolute atomic E-state index is 0.191. The van der Waals surface area contributed by atoms with Crippen molar-refractivity contribution in [2.24, 2.45) is 5.92 Å². The molecule has 2 nitrogen and oxygen atoms in total. The van der Waals surface area contributed by atoms with Gasteiger partial charge in [0, 0.05) is 18.2 Å². The molecule has 0 bridgehead atoms. The molecule has 1 saturated heterocycles. The van der Waals surface area contributed by atoms with Crippen LogP contribution in [0, 0.1) is 12.8 Å². The average molecular weight is 189 g/mol. The first-order chi connectivity index (χ1) is 6.68. The van der Waals surface area contributed by atoms with Crippen LogP contribution in [0.2, 0.25) is 0 Å². The van der Waals surface area contributed by atoms with Crippen molar-refractivity contribution in [3.8, 4) is 0 Å². The molecule has 1 amide bonds. The van der Waals surface area contributed by atoms with Crippen LogP contribution in [0.5, 0.6) is 0 Å². The molecule has 1 fully saturated rings. The molecule has 1 aliphatic heterocycles. The van der Waals surface area contributed by atoms with Crippen LogP contribution in [0.4, 0.5) is 5.69 Å². The summed E-state index contributed by atoms with van der Waals surface area (Å²) in [5.41, 5.74) is 2.26. The highest BCUT2D eigenvalue weighted by Crippen LogP contribution is 2.24. The predicted octanol–water partition coefficient (Wildman–Crippen LogP) is 2.37. The second-order valence-electron chi connectivity index (χ2n) is 4.02. The Balaban J connectivity index is 2.24. The fourth-order valence-electron chi connectivity index (χ4n) is 1.80. The van der Waals surface area contributed by atoms with E-state index in [-0.39, 0.29) is 11.8 Å². The Morgan fingerprint density at radius 2 is 1.93 bits per heavy atom. The van der Waals surface area contributed by atoms with Gasteiger partial charge >= 0.3 is 0 Å². The number of nitrogens with zero attached hydrogens (tertiary/aromatic N) is 1. The van der Waals surface area contributed by atoms with E-state index >= 15 is 0 Å². The molecule has 1 aliphatic rings. The lowest BCUT2D eigenvalue weighted by molar-refractivity contribution is -0.119. The molecule has 1 aromatic rings. The first kappa shape index (κ1) is 9.25. The molecule has 2 heteroatoms. The van der Waals surface area contributed by atoms with Crippen molar-refractivity contribution in [3.05, 3.63) is 29.8 Å². The number of aryl methyl sites for hydroxylation is 1. The Bertz CT molecular complexity index is 342. The maximum Gasteiger partial charge on any atom is 0.229 e. The zero-order valence-corrected chi connectivity index (χ0v) is 8.66. The highest BCUT2D eigenvalue weighted by molar-refractivity contribution is 5.96. The monoisotopic (exact) mass is 189 g/mol. The average Bonchev–Trinajstić information content (AvgIpc) is 2.50. The Labute approximate surface area is 84.5 Å². The van der Waals surface area contributed by atoms with Crippen LogP contribution in [-0.2, 0) is 4.79 Å². The van der Waals surface area contributed by atoms with E-state index in [0.717, 1.165) is 18.7 Å². The molecule has 74 valence electrons. The van der Waals surface area contributed by atoms with Crippen molar-refractivity contribution < 1.29 is 4.79 Å². The van der Waals surface area contributed by atoms with Crippen LogP contribution in [0.3, 0.4) is 0 Å². The topological polar surface area (TPSA) is 20.3 Å². The van der Waals surface area contributed by atoms with Gasteiger partial charge in [0.15, 0.2) is 0 Å². The summed E-state index contributed by atoms with van der Waals surface area (Å²) in [5.74, 6) is 0.449. The number of carbonyl (C=O) groups excluding carboxylic acids is 1. The quantitative estimate of drug-likeness (QED) is 0.664. The van der Waals surface area contributed by atoms with Gasteiger partial charge in [0.1, 0.15) is 0 Å². The molecule has 0 saturated carbocycles. The van der Waals surface area contributed by atoms with Gasteiger partial charge in [-0.25, -0.2) is 0 Å². The van der Waals surface area contributed by atoms with E-state index in [4.69, 9.17) is 0 Å². The van der Waals surface area contributed by atoms with E-state index in [0.29, 0.717) is 0 Å². The zero-order chi connectivity index (χ0) is 10.1. The van der Waals surface area contributed by atoms with Gasteiger partial charge in [0.2, 0.25) is 5.91 Å². The van der Waals surface area contributed by atoms with Crippen LogP contribution in [0.1, 0.15) is 18.9 Å². The summed E-state index contributed by atoms with van der Waals surface area (Å²) in [6, 6.07) is 8.13. The lowest BCUT2D eigenvalue weighted by atomic mass is 10.1. The summed E-state index contributed by atoms with van der Waals surface area (Å²) < 4.78 is 0. The van der Waals surface area contributed by atoms with Gasteiger partial charge in [-0.3, -0.25) is 4.79 Å². The van der Waals surface area contributed by atoms with Crippen molar-refractivity contribution in [1.82, 2.24) is 0 Å². The van der Waals surface area contributed by atoms with Crippen molar-refractivity contribution in [3.63, 3.8) is 0 Å². The number of carbonyl (C=O) groups is 1. The van der Waals surface area contributed by atoms with Crippen molar-refractivity contribution >= 4 is 11.6 Å². The first-order valence-corrected chi connectivity index (χ1v) is 5.06. The van der Waals surface area contributed by atoms with Crippen LogP contribution in [-0.4, -0.2) is 12.5 Å². The molecule has 1 heterocycles. The molecule has 0 radical (unpaired) electrons. The molecule has 2 rings (SSSR count). The molecule has 0 spiro atoms. The first-order valence-electron chi connectivity index (χ1n) is 5.06. The van der Waals surface area contributed by atoms with Gasteiger partial charge in [0.25, 0.3) is 0 Å². The second-order valence-corrected chi connectivity index (χ2v) is 4.02. The van der Waals surface area contributed by atoms with E-state index in [9.17, 15) is 4.79 Å². The van der Waals surface area contributed by atoms with Crippen molar-refractivity contribution in [2.45, 2.75) is 20.3 Å². The summed E-state index contributed by atoms with van der Waals surface area (Å²) in [5, 5.41) is 0. The third-order valence-electron chi connectivity index (χ3n) is 2.82. The number of anilines is 1. The lowest BCUT2D eigenvalue weighted by Crippen LogP contribution is -2.25. The normalized spacial score (nSPS) is 21.7. The van der Waals surface area contributed by atoms with Gasteiger partial charge in [-0.2, -0.15) is 0 Å². The molecule has 14 heavy (non-hydrogen) atoms. The molecular weight excluding hydrogens is 174 g/mol. The van der Waals surface area contributed by atoms with Gasteiger partial charge in [-0.15, -0.1) is 0 Å². The van der Waals surface area contributed by atoms with Gasteiger partial charge in [-0.1, -0.05) is 24.6 Å². The second kappa shape index (κ2) is 3.45. The van der Waals surface area contributed by atoms with Crippen LogP contribution >= 0.6 is 0 Å². The number of benzene rings is 1. The summed E-state index contributed by atoms with van der Waals surface area (Å²) >= 11 is 0. The Kier molecular flexibility index (Phi) is 2.28. The van der Waals surface area contributed by atoms with Gasteiger partial charge in [0.05, 0.1) is 0 Å². The van der Waals surface area contributed by atoms with Crippen LogP contribution < -0.4 is 4.90 Å². The fourth-order valence-corrected chi connectivity index (χ4v) is 1.80. The number of hydrogen-bond acceptors (Lipinski definition) is 1. The van der Waals surface area contributed by atoms with Crippen LogP contribution in [0.25, 0.3) is 0 Å². The molecular formula is C12H15NO. The van der Waals surface area contributed by atoms with E-state index in [1.54, 1.807) is 0 Å². The lowest BCUT2D eigenvalue weighted by Gasteiger charge is -2.16. The maximum atomic E-state index is 11.7. The summed E-state index contributed by atoms with van der Waals surface area (Å²) in [6.45, 7) is 4.91. The SMILES string of the molecule is Cc1ccc(N2CCC(C)C2=O)cc1. The predicted molar refractivity (Wildman–Crippen MR) is 57.3 cm³/mol. The van der Waals surface area contributed by atoms with E-state index in [2.05, 4.69) is 6.92 Å². The molecule has 1 unspecified atom stereocenters. The third-order valence-corrected chi connectivity index (χ3v) is 2.82. The smallest absolute Gasteiger partial charge is 0.229 e. The summed E-state index contributed by atoms with van der Waals surface area (Å²) in [7, 11) is 0. The third kappa shape index (κ3) is 1.52. The highest BCUT2D eigenvalue weighted by atomic mass is 16.2. The minimum atomic E-state index is 0.191. The number of rotatable bonds is 1. The van der Waals surface area contributed by atoms with E-state index in [1.165, 1.54) is 5.56 Å². The van der Waals surface area contributed by atoms with E-state index < -0.39 is 0 Å². The van der Waals surface area contributed by atoms with Gasteiger partial charge in [-0.05, 0) is 25.5 Å². The Morgan fingerprint density at radius 3 is 2.43 bits per heavy atom. The number of amides is 1. The highest BCUT2D eigenvalue weighted by Gasteiger charge is 2.28. The van der Waals surface area contributed by atoms with Gasteiger partial charge < -0.3 is 4.90 Å². The molecule has 1 atom stereocenters. The minimum Gasteiger partial charge on any atom is -0.312 e. The summed E-state index contributed by atoms with van der Waals surface area (Å²) in [6.07, 6.45) is 0.979. The van der Waals surface area contributed by atoms with E-state index in [1.807, 2.05) is 36.1 Å². The number of hydrogen-bond donors (Lipinski definition) is 0. The largest absolute Gasteiger partial charge is 0.312 e. The maximum absolute atomic E-state index is 11.7. The molecule has 0 aromatic heterocycles. The summed E-state index contributed by atoms with van der Waals surface area (Å²) in [4.78, 5) is 13.6. The Morgan fingerprint density at radius 1 is 1.29 bits per heavy atom. The van der Waals surface area contributed by atoms with Crippen molar-refractivity contribution in [2.75, 3.05) is 11.4 Å².